The number of halogens is 6. The molecule has 1 heterocycles. The van der Waals surface area contributed by atoms with Gasteiger partial charge >= 0.3 is 12.4 Å². The molecule has 1 rings (SSSR count). The maximum absolute atomic E-state index is 12.7. The first-order valence-corrected chi connectivity index (χ1v) is 4.99. The number of alkyl halides is 6. The Hall–Kier alpha value is -1.25. The third-order valence-electron chi connectivity index (χ3n) is 2.31. The van der Waals surface area contributed by atoms with Crippen LogP contribution in [-0.4, -0.2) is 16.3 Å². The van der Waals surface area contributed by atoms with Gasteiger partial charge in [0.15, 0.2) is 5.69 Å². The fourth-order valence-electron chi connectivity index (χ4n) is 1.67. The van der Waals surface area contributed by atoms with Gasteiger partial charge in [0, 0.05) is 12.6 Å². The summed E-state index contributed by atoms with van der Waals surface area (Å²) in [4.78, 5) is 0. The number of aryl methyl sites for hydroxylation is 1. The zero-order valence-corrected chi connectivity index (χ0v) is 9.36. The van der Waals surface area contributed by atoms with Gasteiger partial charge < -0.3 is 5.73 Å². The van der Waals surface area contributed by atoms with E-state index < -0.39 is 35.7 Å². The topological polar surface area (TPSA) is 43.8 Å². The average Bonchev–Trinajstić information content (AvgIpc) is 2.50. The molecule has 1 aromatic heterocycles. The van der Waals surface area contributed by atoms with Gasteiger partial charge in [-0.25, -0.2) is 0 Å². The largest absolute Gasteiger partial charge is 0.435 e. The highest BCUT2D eigenvalue weighted by Gasteiger charge is 2.45. The minimum absolute atomic E-state index is 0.00346. The van der Waals surface area contributed by atoms with Crippen LogP contribution in [0.1, 0.15) is 23.4 Å². The SMILES string of the molecule is Cn1nc(C(F)(F)F)c(CCCN)c1C(F)(F)F. The summed E-state index contributed by atoms with van der Waals surface area (Å²) in [6, 6.07) is 0. The molecule has 0 spiro atoms. The maximum atomic E-state index is 12.7. The van der Waals surface area contributed by atoms with Crippen molar-refractivity contribution in [1.29, 1.82) is 0 Å². The van der Waals surface area contributed by atoms with Crippen molar-refractivity contribution in [1.82, 2.24) is 9.78 Å². The Morgan fingerprint density at radius 2 is 1.67 bits per heavy atom. The summed E-state index contributed by atoms with van der Waals surface area (Å²) in [7, 11) is 0.837. The predicted molar refractivity (Wildman–Crippen MR) is 50.6 cm³/mol. The smallest absolute Gasteiger partial charge is 0.330 e. The highest BCUT2D eigenvalue weighted by atomic mass is 19.4. The van der Waals surface area contributed by atoms with Gasteiger partial charge in [-0.1, -0.05) is 0 Å². The minimum atomic E-state index is -4.91. The van der Waals surface area contributed by atoms with Crippen molar-refractivity contribution >= 4 is 0 Å². The molecule has 104 valence electrons. The summed E-state index contributed by atoms with van der Waals surface area (Å²) < 4.78 is 76.0. The van der Waals surface area contributed by atoms with Gasteiger partial charge in [0.2, 0.25) is 0 Å². The summed E-state index contributed by atoms with van der Waals surface area (Å²) in [6.45, 7) is 0.00346. The van der Waals surface area contributed by atoms with E-state index in [4.69, 9.17) is 5.73 Å². The van der Waals surface area contributed by atoms with Crippen molar-refractivity contribution in [2.45, 2.75) is 25.2 Å². The van der Waals surface area contributed by atoms with Gasteiger partial charge in [0.1, 0.15) is 5.69 Å². The molecule has 0 aromatic carbocycles. The van der Waals surface area contributed by atoms with Crippen LogP contribution in [0.4, 0.5) is 26.3 Å². The third-order valence-corrected chi connectivity index (χ3v) is 2.31. The van der Waals surface area contributed by atoms with Crippen molar-refractivity contribution in [3.63, 3.8) is 0 Å². The Morgan fingerprint density at radius 3 is 2.06 bits per heavy atom. The average molecular weight is 275 g/mol. The van der Waals surface area contributed by atoms with Crippen LogP contribution in [0.25, 0.3) is 0 Å². The molecule has 18 heavy (non-hydrogen) atoms. The van der Waals surface area contributed by atoms with Crippen molar-refractivity contribution < 1.29 is 26.3 Å². The fourth-order valence-corrected chi connectivity index (χ4v) is 1.67. The third kappa shape index (κ3) is 2.95. The molecule has 0 aliphatic rings. The standard InChI is InChI=1S/C9H11F6N3/c1-18-7(9(13,14)15)5(3-2-4-16)6(17-18)8(10,11)12/h2-4,16H2,1H3. The van der Waals surface area contributed by atoms with E-state index in [1.54, 1.807) is 0 Å². The summed E-state index contributed by atoms with van der Waals surface area (Å²) >= 11 is 0. The van der Waals surface area contributed by atoms with Gasteiger partial charge in [0.05, 0.1) is 0 Å². The predicted octanol–water partition coefficient (Wildman–Crippen LogP) is 2.35. The zero-order valence-electron chi connectivity index (χ0n) is 9.36. The first-order valence-electron chi connectivity index (χ1n) is 4.99. The first kappa shape index (κ1) is 14.8. The molecule has 2 N–H and O–H groups in total. The molecule has 0 aliphatic carbocycles. The van der Waals surface area contributed by atoms with E-state index in [0.717, 1.165) is 7.05 Å². The van der Waals surface area contributed by atoms with Crippen molar-refractivity contribution in [2.75, 3.05) is 6.54 Å². The molecular formula is C9H11F6N3. The minimum Gasteiger partial charge on any atom is -0.330 e. The molecule has 0 atom stereocenters. The molecule has 0 aliphatic heterocycles. The summed E-state index contributed by atoms with van der Waals surface area (Å²) in [5, 5.41) is 2.93. The van der Waals surface area contributed by atoms with Crippen molar-refractivity contribution in [2.24, 2.45) is 12.8 Å². The van der Waals surface area contributed by atoms with Gasteiger partial charge in [-0.15, -0.1) is 0 Å². The molecule has 0 radical (unpaired) electrons. The monoisotopic (exact) mass is 275 g/mol. The van der Waals surface area contributed by atoms with E-state index in [2.05, 4.69) is 5.10 Å². The lowest BCUT2D eigenvalue weighted by molar-refractivity contribution is -0.145. The molecule has 3 nitrogen and oxygen atoms in total. The van der Waals surface area contributed by atoms with Gasteiger partial charge in [-0.05, 0) is 19.4 Å². The van der Waals surface area contributed by atoms with Gasteiger partial charge in [-0.3, -0.25) is 4.68 Å². The Balaban J connectivity index is 3.38. The van der Waals surface area contributed by atoms with Crippen LogP contribution in [0.2, 0.25) is 0 Å². The number of aromatic nitrogens is 2. The summed E-state index contributed by atoms with van der Waals surface area (Å²) in [6.07, 6.45) is -10.2. The number of nitrogens with two attached hydrogens (primary N) is 1. The molecule has 0 amide bonds. The number of hydrogen-bond donors (Lipinski definition) is 1. The summed E-state index contributed by atoms with van der Waals surface area (Å²) in [5.41, 5.74) is 1.40. The normalized spacial score (nSPS) is 13.1. The van der Waals surface area contributed by atoms with Crippen LogP contribution in [0.5, 0.6) is 0 Å². The second-order valence-corrected chi connectivity index (χ2v) is 3.69. The second kappa shape index (κ2) is 4.79. The molecule has 0 unspecified atom stereocenters. The van der Waals surface area contributed by atoms with Crippen LogP contribution >= 0.6 is 0 Å². The first-order chi connectivity index (χ1) is 8.09. The van der Waals surface area contributed by atoms with E-state index in [-0.39, 0.29) is 17.6 Å². The van der Waals surface area contributed by atoms with Crippen LogP contribution in [-0.2, 0) is 25.8 Å². The highest BCUT2D eigenvalue weighted by Crippen LogP contribution is 2.39. The molecule has 9 heteroatoms. The number of rotatable bonds is 3. The van der Waals surface area contributed by atoms with Crippen LogP contribution in [0.15, 0.2) is 0 Å². The highest BCUT2D eigenvalue weighted by molar-refractivity contribution is 5.30. The Bertz CT molecular complexity index is 417. The second-order valence-electron chi connectivity index (χ2n) is 3.69. The van der Waals surface area contributed by atoms with Crippen LogP contribution < -0.4 is 5.73 Å². The number of nitrogens with zero attached hydrogens (tertiary/aromatic N) is 2. The van der Waals surface area contributed by atoms with E-state index in [1.807, 2.05) is 0 Å². The Kier molecular flexibility index (Phi) is 3.94. The molecular weight excluding hydrogens is 264 g/mol. The lowest BCUT2D eigenvalue weighted by Gasteiger charge is -2.11. The Morgan fingerprint density at radius 1 is 1.11 bits per heavy atom. The number of hydrogen-bond acceptors (Lipinski definition) is 2. The molecule has 0 fully saturated rings. The fraction of sp³-hybridized carbons (Fsp3) is 0.667. The van der Waals surface area contributed by atoms with Crippen molar-refractivity contribution in [3.05, 3.63) is 17.0 Å². The van der Waals surface area contributed by atoms with Gasteiger partial charge in [-0.2, -0.15) is 31.4 Å². The van der Waals surface area contributed by atoms with Crippen LogP contribution in [0, 0.1) is 0 Å². The van der Waals surface area contributed by atoms with Crippen molar-refractivity contribution in [3.8, 4) is 0 Å². The van der Waals surface area contributed by atoms with E-state index in [1.165, 1.54) is 0 Å². The van der Waals surface area contributed by atoms with E-state index in [0.29, 0.717) is 0 Å². The molecule has 0 saturated carbocycles. The molecule has 0 bridgehead atoms. The quantitative estimate of drug-likeness (QED) is 0.860. The summed E-state index contributed by atoms with van der Waals surface area (Å²) in [5.74, 6) is 0. The lowest BCUT2D eigenvalue weighted by Crippen LogP contribution is -2.15. The van der Waals surface area contributed by atoms with E-state index >= 15 is 0 Å². The maximum Gasteiger partial charge on any atom is 0.435 e. The Labute approximate surface area is 98.6 Å². The lowest BCUT2D eigenvalue weighted by atomic mass is 10.1. The zero-order chi connectivity index (χ0) is 14.1. The molecule has 0 saturated heterocycles. The van der Waals surface area contributed by atoms with Crippen LogP contribution in [0.3, 0.4) is 0 Å². The molecule has 1 aromatic rings. The van der Waals surface area contributed by atoms with Gasteiger partial charge in [0.25, 0.3) is 0 Å². The van der Waals surface area contributed by atoms with E-state index in [9.17, 15) is 26.3 Å².